The molecule has 1 aromatic rings. The van der Waals surface area contributed by atoms with Crippen LogP contribution in [0.1, 0.15) is 12.5 Å². The number of nitrogens with one attached hydrogen (secondary N) is 1. The Bertz CT molecular complexity index is 329. The van der Waals surface area contributed by atoms with Gasteiger partial charge in [-0.2, -0.15) is 11.8 Å². The molecular weight excluding hydrogens is 270 g/mol. The van der Waals surface area contributed by atoms with Gasteiger partial charge in [0.15, 0.2) is 0 Å². The second-order valence-corrected chi connectivity index (χ2v) is 6.25. The molecule has 0 aromatic heterocycles. The van der Waals surface area contributed by atoms with Crippen LogP contribution in [-0.2, 0) is 6.42 Å². The van der Waals surface area contributed by atoms with Crippen molar-refractivity contribution in [3.05, 3.63) is 34.3 Å². The van der Waals surface area contributed by atoms with Crippen molar-refractivity contribution in [3.63, 3.8) is 0 Å². The van der Waals surface area contributed by atoms with Gasteiger partial charge in [-0.3, -0.25) is 0 Å². The molecule has 0 bridgehead atoms. The summed E-state index contributed by atoms with van der Waals surface area (Å²) < 4.78 is 1.18. The van der Waals surface area contributed by atoms with Crippen LogP contribution in [0.3, 0.4) is 0 Å². The quantitative estimate of drug-likeness (QED) is 0.896. The highest BCUT2D eigenvalue weighted by atomic mass is 79.9. The Morgan fingerprint density at radius 3 is 3.13 bits per heavy atom. The number of halogens is 1. The molecule has 0 aliphatic carbocycles. The van der Waals surface area contributed by atoms with Gasteiger partial charge in [0.05, 0.1) is 0 Å². The topological polar surface area (TPSA) is 12.0 Å². The number of rotatable bonds is 2. The fourth-order valence-corrected chi connectivity index (χ4v) is 3.58. The molecule has 1 aliphatic heterocycles. The highest BCUT2D eigenvalue weighted by Crippen LogP contribution is 2.23. The Morgan fingerprint density at radius 1 is 1.53 bits per heavy atom. The molecule has 1 fully saturated rings. The van der Waals surface area contributed by atoms with Gasteiger partial charge in [-0.25, -0.2) is 0 Å². The molecular formula is C12H16BrNS. The van der Waals surface area contributed by atoms with Crippen molar-refractivity contribution >= 4 is 27.7 Å². The predicted octanol–water partition coefficient (Wildman–Crippen LogP) is 3.09. The van der Waals surface area contributed by atoms with E-state index in [1.165, 1.54) is 15.8 Å². The van der Waals surface area contributed by atoms with Gasteiger partial charge in [0.2, 0.25) is 0 Å². The number of hydrogen-bond donors (Lipinski definition) is 1. The average molecular weight is 286 g/mol. The molecule has 0 amide bonds. The van der Waals surface area contributed by atoms with Crippen LogP contribution in [0, 0.1) is 0 Å². The summed E-state index contributed by atoms with van der Waals surface area (Å²) in [5.74, 6) is 1.24. The first-order valence-corrected chi connectivity index (χ1v) is 7.19. The summed E-state index contributed by atoms with van der Waals surface area (Å²) in [6.07, 6.45) is 1.16. The van der Waals surface area contributed by atoms with Gasteiger partial charge in [-0.15, -0.1) is 0 Å². The number of thioether (sulfide) groups is 1. The third-order valence-corrected chi connectivity index (χ3v) is 4.72. The lowest BCUT2D eigenvalue weighted by molar-refractivity contribution is 0.529. The Morgan fingerprint density at radius 2 is 2.40 bits per heavy atom. The largest absolute Gasteiger partial charge is 0.312 e. The molecule has 3 heteroatoms. The highest BCUT2D eigenvalue weighted by molar-refractivity contribution is 9.10. The predicted molar refractivity (Wildman–Crippen MR) is 71.6 cm³/mol. The Labute approximate surface area is 104 Å². The fourth-order valence-electron chi connectivity index (χ4n) is 1.90. The SMILES string of the molecule is CC1NCCSC1Cc1cccc(Br)c1. The van der Waals surface area contributed by atoms with Gasteiger partial charge in [-0.1, -0.05) is 28.1 Å². The summed E-state index contributed by atoms with van der Waals surface area (Å²) in [6, 6.07) is 9.27. The molecule has 1 saturated heterocycles. The van der Waals surface area contributed by atoms with Crippen LogP contribution in [0.5, 0.6) is 0 Å². The average Bonchev–Trinajstić information content (AvgIpc) is 2.22. The first-order chi connectivity index (χ1) is 7.25. The maximum Gasteiger partial charge on any atom is 0.0239 e. The standard InChI is InChI=1S/C12H16BrNS/c1-9-12(15-6-5-14-9)8-10-3-2-4-11(13)7-10/h2-4,7,9,12,14H,5-6,8H2,1H3. The number of benzene rings is 1. The monoisotopic (exact) mass is 285 g/mol. The third kappa shape index (κ3) is 3.23. The molecule has 15 heavy (non-hydrogen) atoms. The highest BCUT2D eigenvalue weighted by Gasteiger charge is 2.21. The molecule has 0 saturated carbocycles. The van der Waals surface area contributed by atoms with Crippen LogP contribution in [0.15, 0.2) is 28.7 Å². The first-order valence-electron chi connectivity index (χ1n) is 5.35. The van der Waals surface area contributed by atoms with E-state index >= 15 is 0 Å². The maximum atomic E-state index is 3.53. The molecule has 0 spiro atoms. The Kier molecular flexibility index (Phi) is 4.12. The maximum absolute atomic E-state index is 3.53. The van der Waals surface area contributed by atoms with Gasteiger partial charge < -0.3 is 5.32 Å². The van der Waals surface area contributed by atoms with Gasteiger partial charge >= 0.3 is 0 Å². The minimum atomic E-state index is 0.628. The van der Waals surface area contributed by atoms with Gasteiger partial charge in [0.25, 0.3) is 0 Å². The molecule has 1 aromatic carbocycles. The fraction of sp³-hybridized carbons (Fsp3) is 0.500. The van der Waals surface area contributed by atoms with E-state index in [4.69, 9.17) is 0 Å². The second-order valence-electron chi connectivity index (χ2n) is 3.99. The zero-order valence-corrected chi connectivity index (χ0v) is 11.3. The molecule has 82 valence electrons. The van der Waals surface area contributed by atoms with E-state index in [0.29, 0.717) is 11.3 Å². The van der Waals surface area contributed by atoms with Crippen molar-refractivity contribution < 1.29 is 0 Å². The summed E-state index contributed by atoms with van der Waals surface area (Å²) in [5.41, 5.74) is 1.43. The molecule has 2 unspecified atom stereocenters. The van der Waals surface area contributed by atoms with Crippen LogP contribution < -0.4 is 5.32 Å². The van der Waals surface area contributed by atoms with Gasteiger partial charge in [-0.05, 0) is 31.0 Å². The molecule has 0 radical (unpaired) electrons. The summed E-state index contributed by atoms with van der Waals surface area (Å²) in [7, 11) is 0. The van der Waals surface area contributed by atoms with Crippen LogP contribution >= 0.6 is 27.7 Å². The lowest BCUT2D eigenvalue weighted by Gasteiger charge is -2.29. The van der Waals surface area contributed by atoms with Gasteiger partial charge in [0, 0.05) is 28.1 Å². The van der Waals surface area contributed by atoms with E-state index in [-0.39, 0.29) is 0 Å². The summed E-state index contributed by atoms with van der Waals surface area (Å²) >= 11 is 5.61. The Balaban J connectivity index is 2.01. The van der Waals surface area contributed by atoms with Crippen molar-refractivity contribution in [1.82, 2.24) is 5.32 Å². The van der Waals surface area contributed by atoms with Crippen LogP contribution in [-0.4, -0.2) is 23.6 Å². The third-order valence-electron chi connectivity index (χ3n) is 2.78. The van der Waals surface area contributed by atoms with E-state index in [2.05, 4.69) is 64.2 Å². The molecule has 1 aliphatic rings. The van der Waals surface area contributed by atoms with Crippen molar-refractivity contribution in [2.24, 2.45) is 0 Å². The zero-order chi connectivity index (χ0) is 10.7. The molecule has 2 rings (SSSR count). The number of hydrogen-bond acceptors (Lipinski definition) is 2. The van der Waals surface area contributed by atoms with E-state index < -0.39 is 0 Å². The Hall–Kier alpha value is 0.01000. The minimum absolute atomic E-state index is 0.628. The summed E-state index contributed by atoms with van der Waals surface area (Å²) in [5, 5.41) is 4.25. The van der Waals surface area contributed by atoms with Crippen molar-refractivity contribution in [1.29, 1.82) is 0 Å². The van der Waals surface area contributed by atoms with E-state index in [1.54, 1.807) is 0 Å². The summed E-state index contributed by atoms with van der Waals surface area (Å²) in [6.45, 7) is 3.44. The van der Waals surface area contributed by atoms with Crippen molar-refractivity contribution in [2.75, 3.05) is 12.3 Å². The smallest absolute Gasteiger partial charge is 0.0239 e. The first kappa shape index (κ1) is 11.5. The van der Waals surface area contributed by atoms with E-state index in [1.807, 2.05) is 0 Å². The zero-order valence-electron chi connectivity index (χ0n) is 8.87. The van der Waals surface area contributed by atoms with E-state index in [9.17, 15) is 0 Å². The lowest BCUT2D eigenvalue weighted by atomic mass is 10.1. The van der Waals surface area contributed by atoms with Crippen LogP contribution in [0.4, 0.5) is 0 Å². The van der Waals surface area contributed by atoms with Crippen LogP contribution in [0.25, 0.3) is 0 Å². The van der Waals surface area contributed by atoms with Crippen LogP contribution in [0.2, 0.25) is 0 Å². The minimum Gasteiger partial charge on any atom is -0.312 e. The summed E-state index contributed by atoms with van der Waals surface area (Å²) in [4.78, 5) is 0. The lowest BCUT2D eigenvalue weighted by Crippen LogP contribution is -2.42. The molecule has 1 nitrogen and oxygen atoms in total. The molecule has 1 N–H and O–H groups in total. The second kappa shape index (κ2) is 5.37. The van der Waals surface area contributed by atoms with Crippen molar-refractivity contribution in [3.8, 4) is 0 Å². The van der Waals surface area contributed by atoms with E-state index in [0.717, 1.165) is 13.0 Å². The molecule has 1 heterocycles. The molecule has 2 atom stereocenters. The van der Waals surface area contributed by atoms with Crippen molar-refractivity contribution in [2.45, 2.75) is 24.6 Å². The van der Waals surface area contributed by atoms with Gasteiger partial charge in [0.1, 0.15) is 0 Å². The normalized spacial score (nSPS) is 26.5.